The largest absolute Gasteiger partial charge is 0.489 e. The molecule has 1 aromatic carbocycles. The van der Waals surface area contributed by atoms with Crippen LogP contribution in [0.5, 0.6) is 5.75 Å². The molecular formula is C16H24N2O4S. The molecule has 7 heteroatoms. The number of hydrogen-bond donors (Lipinski definition) is 1. The summed E-state index contributed by atoms with van der Waals surface area (Å²) >= 11 is 0. The van der Waals surface area contributed by atoms with Crippen LogP contribution in [0.15, 0.2) is 24.3 Å². The molecule has 1 fully saturated rings. The molecule has 1 amide bonds. The van der Waals surface area contributed by atoms with Gasteiger partial charge in [-0.15, -0.1) is 0 Å². The molecule has 6 nitrogen and oxygen atoms in total. The smallest absolute Gasteiger partial charge is 0.228 e. The molecule has 0 aromatic heterocycles. The van der Waals surface area contributed by atoms with Crippen LogP contribution in [0.1, 0.15) is 26.7 Å². The molecule has 1 aliphatic heterocycles. The second-order valence-electron chi connectivity index (χ2n) is 6.11. The van der Waals surface area contributed by atoms with E-state index < -0.39 is 10.0 Å². The lowest BCUT2D eigenvalue weighted by Crippen LogP contribution is -2.43. The zero-order valence-electron chi connectivity index (χ0n) is 13.8. The van der Waals surface area contributed by atoms with Gasteiger partial charge in [0.15, 0.2) is 0 Å². The van der Waals surface area contributed by atoms with Gasteiger partial charge in [0.05, 0.1) is 24.0 Å². The molecule has 1 N–H and O–H groups in total. The van der Waals surface area contributed by atoms with Crippen LogP contribution in [-0.4, -0.2) is 44.1 Å². The molecule has 128 valence electrons. The molecule has 1 atom stereocenters. The minimum absolute atomic E-state index is 0.00320. The number of nitrogens with zero attached hydrogens (tertiary/aromatic N) is 1. The van der Waals surface area contributed by atoms with Gasteiger partial charge in [0.2, 0.25) is 15.9 Å². The molecule has 1 unspecified atom stereocenters. The van der Waals surface area contributed by atoms with Crippen molar-refractivity contribution in [3.05, 3.63) is 24.3 Å². The summed E-state index contributed by atoms with van der Waals surface area (Å²) in [6.07, 6.45) is 2.56. The Bertz CT molecular complexity index is 658. The number of carbonyl (C=O) groups is 1. The van der Waals surface area contributed by atoms with E-state index in [1.54, 1.807) is 12.1 Å². The number of anilines is 1. The van der Waals surface area contributed by atoms with Gasteiger partial charge in [-0.3, -0.25) is 4.79 Å². The zero-order valence-corrected chi connectivity index (χ0v) is 14.6. The molecule has 1 aromatic rings. The number of ether oxygens (including phenoxy) is 1. The van der Waals surface area contributed by atoms with Crippen molar-refractivity contribution in [2.75, 3.05) is 24.7 Å². The van der Waals surface area contributed by atoms with E-state index >= 15 is 0 Å². The molecular weight excluding hydrogens is 316 g/mol. The van der Waals surface area contributed by atoms with E-state index in [0.29, 0.717) is 30.8 Å². The highest BCUT2D eigenvalue weighted by Gasteiger charge is 2.30. The first kappa shape index (κ1) is 17.7. The van der Waals surface area contributed by atoms with Crippen LogP contribution in [0.3, 0.4) is 0 Å². The first-order valence-electron chi connectivity index (χ1n) is 7.79. The van der Waals surface area contributed by atoms with Crippen LogP contribution >= 0.6 is 0 Å². The normalized spacial score (nSPS) is 19.6. The Morgan fingerprint density at radius 3 is 2.70 bits per heavy atom. The summed E-state index contributed by atoms with van der Waals surface area (Å²) < 4.78 is 30.4. The number of rotatable bonds is 5. The van der Waals surface area contributed by atoms with Crippen LogP contribution < -0.4 is 10.1 Å². The SMILES string of the molecule is CC(C)Oc1ccccc1NC(=O)C1CCCN(S(C)(=O)=O)C1. The van der Waals surface area contributed by atoms with Crippen molar-refractivity contribution in [3.8, 4) is 5.75 Å². The van der Waals surface area contributed by atoms with Crippen molar-refractivity contribution in [2.45, 2.75) is 32.8 Å². The number of nitrogens with one attached hydrogen (secondary N) is 1. The van der Waals surface area contributed by atoms with Crippen molar-refractivity contribution in [3.63, 3.8) is 0 Å². The van der Waals surface area contributed by atoms with Gasteiger partial charge in [-0.05, 0) is 38.8 Å². The van der Waals surface area contributed by atoms with Crippen molar-refractivity contribution in [2.24, 2.45) is 5.92 Å². The number of hydrogen-bond acceptors (Lipinski definition) is 4. The molecule has 1 aliphatic rings. The third-order valence-electron chi connectivity index (χ3n) is 3.73. The molecule has 0 bridgehead atoms. The number of amides is 1. The van der Waals surface area contributed by atoms with Crippen LogP contribution in [0, 0.1) is 5.92 Å². The van der Waals surface area contributed by atoms with Gasteiger partial charge in [-0.25, -0.2) is 12.7 Å². The fourth-order valence-electron chi connectivity index (χ4n) is 2.62. The van der Waals surface area contributed by atoms with Gasteiger partial charge < -0.3 is 10.1 Å². The highest BCUT2D eigenvalue weighted by molar-refractivity contribution is 7.88. The van der Waals surface area contributed by atoms with E-state index in [9.17, 15) is 13.2 Å². The lowest BCUT2D eigenvalue weighted by Gasteiger charge is -2.30. The molecule has 23 heavy (non-hydrogen) atoms. The number of benzene rings is 1. The van der Waals surface area contributed by atoms with E-state index in [0.717, 1.165) is 0 Å². The second-order valence-corrected chi connectivity index (χ2v) is 8.09. The minimum atomic E-state index is -3.26. The molecule has 1 saturated heterocycles. The maximum atomic E-state index is 12.5. The van der Waals surface area contributed by atoms with Gasteiger partial charge in [0, 0.05) is 13.1 Å². The maximum Gasteiger partial charge on any atom is 0.228 e. The fraction of sp³-hybridized carbons (Fsp3) is 0.562. The lowest BCUT2D eigenvalue weighted by molar-refractivity contribution is -0.120. The van der Waals surface area contributed by atoms with Crippen LogP contribution in [0.25, 0.3) is 0 Å². The third-order valence-corrected chi connectivity index (χ3v) is 5.00. The van der Waals surface area contributed by atoms with E-state index in [1.165, 1.54) is 10.6 Å². The van der Waals surface area contributed by atoms with Crippen molar-refractivity contribution in [1.29, 1.82) is 0 Å². The molecule has 0 radical (unpaired) electrons. The molecule has 0 saturated carbocycles. The van der Waals surface area contributed by atoms with Crippen LogP contribution in [-0.2, 0) is 14.8 Å². The van der Waals surface area contributed by atoms with Gasteiger partial charge in [-0.1, -0.05) is 12.1 Å². The van der Waals surface area contributed by atoms with Gasteiger partial charge in [-0.2, -0.15) is 0 Å². The van der Waals surface area contributed by atoms with Gasteiger partial charge >= 0.3 is 0 Å². The van der Waals surface area contributed by atoms with Crippen LogP contribution in [0.4, 0.5) is 5.69 Å². The summed E-state index contributed by atoms with van der Waals surface area (Å²) in [7, 11) is -3.26. The first-order chi connectivity index (χ1) is 10.8. The Labute approximate surface area is 137 Å². The highest BCUT2D eigenvalue weighted by Crippen LogP contribution is 2.27. The summed E-state index contributed by atoms with van der Waals surface area (Å²) in [6, 6.07) is 7.26. The Hall–Kier alpha value is -1.60. The predicted octanol–water partition coefficient (Wildman–Crippen LogP) is 2.08. The second kappa shape index (κ2) is 7.31. The number of carbonyl (C=O) groups excluding carboxylic acids is 1. The Morgan fingerprint density at radius 1 is 1.35 bits per heavy atom. The van der Waals surface area contributed by atoms with E-state index in [4.69, 9.17) is 4.74 Å². The summed E-state index contributed by atoms with van der Waals surface area (Å²) in [5.41, 5.74) is 0.614. The fourth-order valence-corrected chi connectivity index (χ4v) is 3.53. The minimum Gasteiger partial charge on any atom is -0.489 e. The van der Waals surface area contributed by atoms with E-state index in [2.05, 4.69) is 5.32 Å². The quantitative estimate of drug-likeness (QED) is 0.890. The third kappa shape index (κ3) is 4.94. The predicted molar refractivity (Wildman–Crippen MR) is 90.0 cm³/mol. The average Bonchev–Trinajstić information content (AvgIpc) is 2.48. The Morgan fingerprint density at radius 2 is 2.04 bits per heavy atom. The van der Waals surface area contributed by atoms with Crippen molar-refractivity contribution < 1.29 is 17.9 Å². The van der Waals surface area contributed by atoms with E-state index in [-0.39, 0.29) is 24.5 Å². The Kier molecular flexibility index (Phi) is 5.64. The zero-order chi connectivity index (χ0) is 17.0. The number of piperidine rings is 1. The first-order valence-corrected chi connectivity index (χ1v) is 9.64. The summed E-state index contributed by atoms with van der Waals surface area (Å²) in [5.74, 6) is 0.107. The van der Waals surface area contributed by atoms with Gasteiger partial charge in [0.25, 0.3) is 0 Å². The number of para-hydroxylation sites is 2. The van der Waals surface area contributed by atoms with Crippen molar-refractivity contribution >= 4 is 21.6 Å². The molecule has 0 spiro atoms. The summed E-state index contributed by atoms with van der Waals surface area (Å²) in [5, 5.41) is 2.87. The molecule has 1 heterocycles. The maximum absolute atomic E-state index is 12.5. The monoisotopic (exact) mass is 340 g/mol. The Balaban J connectivity index is 2.07. The summed E-state index contributed by atoms with van der Waals surface area (Å²) in [4.78, 5) is 12.5. The van der Waals surface area contributed by atoms with Crippen LogP contribution in [0.2, 0.25) is 0 Å². The summed E-state index contributed by atoms with van der Waals surface area (Å²) in [6.45, 7) is 4.56. The van der Waals surface area contributed by atoms with Crippen molar-refractivity contribution in [1.82, 2.24) is 4.31 Å². The molecule has 2 rings (SSSR count). The lowest BCUT2D eigenvalue weighted by atomic mass is 9.98. The molecule has 0 aliphatic carbocycles. The average molecular weight is 340 g/mol. The van der Waals surface area contributed by atoms with Gasteiger partial charge in [0.1, 0.15) is 5.75 Å². The topological polar surface area (TPSA) is 75.7 Å². The number of sulfonamides is 1. The van der Waals surface area contributed by atoms with E-state index in [1.807, 2.05) is 26.0 Å². The highest BCUT2D eigenvalue weighted by atomic mass is 32.2. The standard InChI is InChI=1S/C16H24N2O4S/c1-12(2)22-15-9-5-4-8-14(15)17-16(19)13-7-6-10-18(11-13)23(3,20)21/h4-5,8-9,12-13H,6-7,10-11H2,1-3H3,(H,17,19).